The number of hydrogen-bond acceptors (Lipinski definition) is 5. The Morgan fingerprint density at radius 3 is 2.25 bits per heavy atom. The zero-order valence-corrected chi connectivity index (χ0v) is 10.4. The fourth-order valence-corrected chi connectivity index (χ4v) is 3.45. The largest absolute Gasteiger partial charge is 0.444 e. The maximum atomic E-state index is 11.4. The molecule has 1 aliphatic rings. The molecule has 6 nitrogen and oxygen atoms in total. The van der Waals surface area contributed by atoms with E-state index in [1.165, 1.54) is 0 Å². The maximum Gasteiger partial charge on any atom is 0.408 e. The summed E-state index contributed by atoms with van der Waals surface area (Å²) >= 11 is 0. The van der Waals surface area contributed by atoms with E-state index in [9.17, 15) is 13.2 Å². The van der Waals surface area contributed by atoms with Crippen molar-refractivity contribution in [3.8, 4) is 0 Å². The number of nitrogens with one attached hydrogen (secondary N) is 1. The molecule has 1 rings (SSSR count). The lowest BCUT2D eigenvalue weighted by Gasteiger charge is -2.40. The third kappa shape index (κ3) is 3.34. The number of aliphatic hydroxyl groups is 1. The lowest BCUT2D eigenvalue weighted by Crippen LogP contribution is -2.68. The van der Waals surface area contributed by atoms with Crippen molar-refractivity contribution >= 4 is 15.9 Å². The van der Waals surface area contributed by atoms with E-state index >= 15 is 0 Å². The van der Waals surface area contributed by atoms with Crippen molar-refractivity contribution in [3.05, 3.63) is 0 Å². The summed E-state index contributed by atoms with van der Waals surface area (Å²) in [6.07, 6.45) is -0.712. The lowest BCUT2D eigenvalue weighted by molar-refractivity contribution is 0.0425. The lowest BCUT2D eigenvalue weighted by atomic mass is 10.1. The van der Waals surface area contributed by atoms with Crippen molar-refractivity contribution in [2.24, 2.45) is 0 Å². The van der Waals surface area contributed by atoms with Crippen molar-refractivity contribution in [1.29, 1.82) is 0 Å². The van der Waals surface area contributed by atoms with Crippen molar-refractivity contribution in [3.63, 3.8) is 0 Å². The molecule has 0 bridgehead atoms. The van der Waals surface area contributed by atoms with Crippen molar-refractivity contribution < 1.29 is 23.1 Å². The number of carbonyl (C=O) groups excluding carboxylic acids is 1. The van der Waals surface area contributed by atoms with Crippen LogP contribution < -0.4 is 5.32 Å². The van der Waals surface area contributed by atoms with Gasteiger partial charge in [-0.3, -0.25) is 0 Å². The van der Waals surface area contributed by atoms with Crippen LogP contribution >= 0.6 is 0 Å². The quantitative estimate of drug-likeness (QED) is 0.701. The normalized spacial score (nSPS) is 22.0. The number of sulfone groups is 1. The van der Waals surface area contributed by atoms with Crippen LogP contribution in [0.3, 0.4) is 0 Å². The second-order valence-corrected chi connectivity index (χ2v) is 7.16. The van der Waals surface area contributed by atoms with Crippen LogP contribution in [0.1, 0.15) is 20.8 Å². The fourth-order valence-electron chi connectivity index (χ4n) is 1.52. The van der Waals surface area contributed by atoms with E-state index in [0.29, 0.717) is 0 Å². The summed E-state index contributed by atoms with van der Waals surface area (Å²) in [4.78, 5) is 11.4. The van der Waals surface area contributed by atoms with Gasteiger partial charge in [-0.2, -0.15) is 0 Å². The Morgan fingerprint density at radius 1 is 1.44 bits per heavy atom. The molecule has 1 amide bonds. The molecule has 0 saturated carbocycles. The highest BCUT2D eigenvalue weighted by Gasteiger charge is 2.49. The third-order valence-electron chi connectivity index (χ3n) is 2.06. The summed E-state index contributed by atoms with van der Waals surface area (Å²) in [7, 11) is -3.12. The van der Waals surface area contributed by atoms with E-state index < -0.39 is 33.7 Å². The number of alkyl carbamates (subject to hydrolysis) is 1. The molecule has 1 saturated heterocycles. The van der Waals surface area contributed by atoms with Gasteiger partial charge in [0, 0.05) is 0 Å². The average Bonchev–Trinajstić information content (AvgIpc) is 1.96. The minimum absolute atomic E-state index is 0.240. The van der Waals surface area contributed by atoms with E-state index in [-0.39, 0.29) is 11.5 Å². The molecule has 2 N–H and O–H groups in total. The minimum atomic E-state index is -3.12. The number of hydrogen-bond donors (Lipinski definition) is 2. The molecule has 0 aliphatic carbocycles. The third-order valence-corrected chi connectivity index (χ3v) is 4.05. The number of rotatable bonds is 2. The Labute approximate surface area is 94.9 Å². The topological polar surface area (TPSA) is 92.7 Å². The second-order valence-electron chi connectivity index (χ2n) is 5.10. The van der Waals surface area contributed by atoms with Crippen LogP contribution in [0.4, 0.5) is 4.79 Å². The molecule has 7 heteroatoms. The van der Waals surface area contributed by atoms with Gasteiger partial charge in [0.15, 0.2) is 9.84 Å². The van der Waals surface area contributed by atoms with Crippen molar-refractivity contribution in [2.45, 2.75) is 31.9 Å². The molecule has 1 fully saturated rings. The van der Waals surface area contributed by atoms with Crippen LogP contribution in [0.25, 0.3) is 0 Å². The molecule has 0 aromatic carbocycles. The van der Waals surface area contributed by atoms with Crippen molar-refractivity contribution in [2.75, 3.05) is 18.1 Å². The minimum Gasteiger partial charge on any atom is -0.444 e. The van der Waals surface area contributed by atoms with Gasteiger partial charge < -0.3 is 15.2 Å². The van der Waals surface area contributed by atoms with E-state index in [1.807, 2.05) is 0 Å². The molecule has 1 aliphatic heterocycles. The highest BCUT2D eigenvalue weighted by atomic mass is 32.2. The van der Waals surface area contributed by atoms with E-state index in [1.54, 1.807) is 20.8 Å². The SMILES string of the molecule is CC(C)(C)OC(=O)NC1(CO)CS(=O)(=O)C1. The van der Waals surface area contributed by atoms with Gasteiger partial charge in [0.1, 0.15) is 5.60 Å². The van der Waals surface area contributed by atoms with Crippen LogP contribution in [-0.2, 0) is 14.6 Å². The first-order chi connectivity index (χ1) is 7.08. The Balaban J connectivity index is 2.57. The summed E-state index contributed by atoms with van der Waals surface area (Å²) in [6, 6.07) is 0. The van der Waals surface area contributed by atoms with Crippen LogP contribution in [0.5, 0.6) is 0 Å². The molecule has 16 heavy (non-hydrogen) atoms. The first-order valence-corrected chi connectivity index (χ1v) is 6.72. The smallest absolute Gasteiger partial charge is 0.408 e. The van der Waals surface area contributed by atoms with Gasteiger partial charge >= 0.3 is 6.09 Å². The average molecular weight is 251 g/mol. The van der Waals surface area contributed by atoms with Gasteiger partial charge in [0.2, 0.25) is 0 Å². The summed E-state index contributed by atoms with van der Waals surface area (Å²) < 4.78 is 27.0. The molecule has 0 spiro atoms. The molecule has 94 valence electrons. The van der Waals surface area contributed by atoms with Gasteiger partial charge in [0.25, 0.3) is 0 Å². The van der Waals surface area contributed by atoms with E-state index in [4.69, 9.17) is 9.84 Å². The predicted molar refractivity (Wildman–Crippen MR) is 57.8 cm³/mol. The summed E-state index contributed by atoms with van der Waals surface area (Å²) in [5.74, 6) is -0.481. The Kier molecular flexibility index (Phi) is 3.22. The van der Waals surface area contributed by atoms with Gasteiger partial charge in [-0.1, -0.05) is 0 Å². The Morgan fingerprint density at radius 2 is 1.94 bits per heavy atom. The molecule has 0 radical (unpaired) electrons. The molecule has 0 unspecified atom stereocenters. The van der Waals surface area contributed by atoms with Gasteiger partial charge in [-0.05, 0) is 20.8 Å². The summed E-state index contributed by atoms with van der Waals surface area (Å²) in [5.41, 5.74) is -1.72. The molecule has 0 atom stereocenters. The first kappa shape index (κ1) is 13.2. The molecular weight excluding hydrogens is 234 g/mol. The van der Waals surface area contributed by atoms with Crippen LogP contribution in [0, 0.1) is 0 Å². The number of ether oxygens (including phenoxy) is 1. The van der Waals surface area contributed by atoms with Gasteiger partial charge in [0.05, 0.1) is 23.7 Å². The predicted octanol–water partition coefficient (Wildman–Crippen LogP) is -0.329. The first-order valence-electron chi connectivity index (χ1n) is 4.90. The van der Waals surface area contributed by atoms with Gasteiger partial charge in [-0.15, -0.1) is 0 Å². The number of aliphatic hydroxyl groups excluding tert-OH is 1. The molecule has 0 aromatic rings. The van der Waals surface area contributed by atoms with Crippen LogP contribution in [0.15, 0.2) is 0 Å². The Bertz CT molecular complexity index is 369. The summed E-state index contributed by atoms with van der Waals surface area (Å²) in [5, 5.41) is 11.5. The number of carbonyl (C=O) groups is 1. The fraction of sp³-hybridized carbons (Fsp3) is 0.889. The number of amides is 1. The van der Waals surface area contributed by atoms with E-state index in [0.717, 1.165) is 0 Å². The molecule has 0 aromatic heterocycles. The molecular formula is C9H17NO5S. The summed E-state index contributed by atoms with van der Waals surface area (Å²) in [6.45, 7) is 4.70. The highest BCUT2D eigenvalue weighted by Crippen LogP contribution is 2.23. The van der Waals surface area contributed by atoms with Crippen molar-refractivity contribution in [1.82, 2.24) is 5.32 Å². The Hall–Kier alpha value is -0.820. The highest BCUT2D eigenvalue weighted by molar-refractivity contribution is 7.93. The second kappa shape index (κ2) is 3.89. The van der Waals surface area contributed by atoms with Gasteiger partial charge in [-0.25, -0.2) is 13.2 Å². The standard InChI is InChI=1S/C9H17NO5S/c1-8(2,3)15-7(12)10-9(4-11)5-16(13,14)6-9/h11H,4-6H2,1-3H3,(H,10,12). The molecule has 1 heterocycles. The zero-order valence-electron chi connectivity index (χ0n) is 9.61. The maximum absolute atomic E-state index is 11.4. The van der Waals surface area contributed by atoms with Crippen LogP contribution in [-0.4, -0.2) is 48.9 Å². The zero-order chi connectivity index (χ0) is 12.6. The monoisotopic (exact) mass is 251 g/mol. The van der Waals surface area contributed by atoms with E-state index in [2.05, 4.69) is 5.32 Å². The van der Waals surface area contributed by atoms with Crippen LogP contribution in [0.2, 0.25) is 0 Å².